The molecule has 1 aromatic carbocycles. The second-order valence-electron chi connectivity index (χ2n) is 5.66. The highest BCUT2D eigenvalue weighted by Crippen LogP contribution is 2.32. The van der Waals surface area contributed by atoms with Gasteiger partial charge in [0.25, 0.3) is 0 Å². The summed E-state index contributed by atoms with van der Waals surface area (Å²) < 4.78 is 10.5. The van der Waals surface area contributed by atoms with Crippen molar-refractivity contribution in [1.29, 1.82) is 0 Å². The van der Waals surface area contributed by atoms with Crippen molar-refractivity contribution in [3.05, 3.63) is 34.9 Å². The molecule has 2 heterocycles. The van der Waals surface area contributed by atoms with E-state index in [4.69, 9.17) is 20.9 Å². The molecule has 1 saturated heterocycles. The van der Waals surface area contributed by atoms with Gasteiger partial charge in [-0.25, -0.2) is 4.79 Å². The summed E-state index contributed by atoms with van der Waals surface area (Å²) in [6.07, 6.45) is 2.74. The molecule has 2 amide bonds. The highest BCUT2D eigenvalue weighted by atomic mass is 35.5. The molecule has 1 N–H and O–H groups in total. The van der Waals surface area contributed by atoms with Gasteiger partial charge in [-0.1, -0.05) is 16.8 Å². The van der Waals surface area contributed by atoms with Crippen molar-refractivity contribution >= 4 is 23.3 Å². The first-order valence-corrected chi connectivity index (χ1v) is 8.17. The number of ether oxygens (including phenoxy) is 1. The van der Waals surface area contributed by atoms with E-state index in [1.165, 1.54) is 0 Å². The lowest BCUT2D eigenvalue weighted by atomic mass is 10.0. The van der Waals surface area contributed by atoms with Crippen LogP contribution in [-0.4, -0.2) is 34.7 Å². The molecule has 8 heteroatoms. The summed E-state index contributed by atoms with van der Waals surface area (Å²) in [6, 6.07) is 4.63. The minimum Gasteiger partial charge on any atom is -0.495 e. The van der Waals surface area contributed by atoms with Crippen molar-refractivity contribution in [3.8, 4) is 5.75 Å². The normalized spacial score (nSPS) is 17.6. The number of piperidine rings is 1. The average molecular weight is 351 g/mol. The van der Waals surface area contributed by atoms with Crippen molar-refractivity contribution in [2.45, 2.75) is 32.2 Å². The molecule has 1 fully saturated rings. The third kappa shape index (κ3) is 3.46. The van der Waals surface area contributed by atoms with Crippen LogP contribution in [0.4, 0.5) is 10.5 Å². The van der Waals surface area contributed by atoms with E-state index in [1.807, 2.05) is 0 Å². The Balaban J connectivity index is 1.81. The number of nitrogens with one attached hydrogen (secondary N) is 1. The van der Waals surface area contributed by atoms with Crippen LogP contribution in [0.25, 0.3) is 0 Å². The molecule has 128 valence electrons. The van der Waals surface area contributed by atoms with E-state index in [-0.39, 0.29) is 12.1 Å². The van der Waals surface area contributed by atoms with Crippen LogP contribution in [-0.2, 0) is 0 Å². The Morgan fingerprint density at radius 1 is 1.46 bits per heavy atom. The van der Waals surface area contributed by atoms with Crippen LogP contribution in [0, 0.1) is 6.92 Å². The summed E-state index contributed by atoms with van der Waals surface area (Å²) in [5, 5.41) is 7.21. The number of nitrogens with zero attached hydrogens (tertiary/aromatic N) is 3. The number of hydrogen-bond acceptors (Lipinski definition) is 5. The lowest BCUT2D eigenvalue weighted by molar-refractivity contribution is 0.142. The van der Waals surface area contributed by atoms with Crippen LogP contribution < -0.4 is 10.1 Å². The van der Waals surface area contributed by atoms with E-state index in [2.05, 4.69) is 15.5 Å². The topological polar surface area (TPSA) is 80.5 Å². The monoisotopic (exact) mass is 350 g/mol. The van der Waals surface area contributed by atoms with Gasteiger partial charge in [0.2, 0.25) is 5.89 Å². The SMILES string of the molecule is COc1ccc(Cl)cc1NC(=O)N1CCCC[C@H]1c1nc(C)no1. The zero-order valence-electron chi connectivity index (χ0n) is 13.6. The maximum absolute atomic E-state index is 12.8. The maximum Gasteiger partial charge on any atom is 0.322 e. The standard InChI is InChI=1S/C16H19ClN4O3/c1-10-18-15(24-20-10)13-5-3-4-8-21(13)16(22)19-12-9-11(17)6-7-14(12)23-2/h6-7,9,13H,3-5,8H2,1-2H3,(H,19,22)/t13-/m0/s1. The summed E-state index contributed by atoms with van der Waals surface area (Å²) in [5.41, 5.74) is 0.529. The Morgan fingerprint density at radius 3 is 3.00 bits per heavy atom. The van der Waals surface area contributed by atoms with E-state index in [0.29, 0.717) is 34.7 Å². The van der Waals surface area contributed by atoms with E-state index in [9.17, 15) is 4.79 Å². The number of urea groups is 1. The van der Waals surface area contributed by atoms with Crippen molar-refractivity contribution in [2.24, 2.45) is 0 Å². The van der Waals surface area contributed by atoms with Gasteiger partial charge >= 0.3 is 6.03 Å². The van der Waals surface area contributed by atoms with E-state index >= 15 is 0 Å². The fourth-order valence-electron chi connectivity index (χ4n) is 2.84. The second kappa shape index (κ2) is 7.09. The molecule has 24 heavy (non-hydrogen) atoms. The Hall–Kier alpha value is -2.28. The Morgan fingerprint density at radius 2 is 2.29 bits per heavy atom. The number of benzene rings is 1. The minimum absolute atomic E-state index is 0.217. The molecule has 0 aliphatic carbocycles. The van der Waals surface area contributed by atoms with Crippen molar-refractivity contribution in [1.82, 2.24) is 15.0 Å². The number of carbonyl (C=O) groups is 1. The number of hydrogen-bond donors (Lipinski definition) is 1. The van der Waals surface area contributed by atoms with Gasteiger partial charge in [-0.15, -0.1) is 0 Å². The van der Waals surface area contributed by atoms with Gasteiger partial charge in [0.15, 0.2) is 5.82 Å². The third-order valence-electron chi connectivity index (χ3n) is 4.00. The molecule has 0 spiro atoms. The number of amides is 2. The molecule has 1 aliphatic rings. The molecule has 7 nitrogen and oxygen atoms in total. The summed E-state index contributed by atoms with van der Waals surface area (Å²) in [6.45, 7) is 2.39. The maximum atomic E-state index is 12.8. The van der Waals surface area contributed by atoms with Crippen molar-refractivity contribution in [3.63, 3.8) is 0 Å². The second-order valence-corrected chi connectivity index (χ2v) is 6.10. The van der Waals surface area contributed by atoms with Crippen molar-refractivity contribution in [2.75, 3.05) is 19.0 Å². The predicted molar refractivity (Wildman–Crippen MR) is 89.4 cm³/mol. The minimum atomic E-state index is -0.240. The van der Waals surface area contributed by atoms with E-state index < -0.39 is 0 Å². The molecular formula is C16H19ClN4O3. The van der Waals surface area contributed by atoms with Crippen LogP contribution in [0.5, 0.6) is 5.75 Å². The summed E-state index contributed by atoms with van der Waals surface area (Å²) >= 11 is 6.02. The summed E-state index contributed by atoms with van der Waals surface area (Å²) in [4.78, 5) is 18.8. The zero-order valence-corrected chi connectivity index (χ0v) is 14.3. The first-order valence-electron chi connectivity index (χ1n) is 7.80. The number of aromatic nitrogens is 2. The number of carbonyl (C=O) groups excluding carboxylic acids is 1. The molecule has 0 saturated carbocycles. The van der Waals surface area contributed by atoms with Crippen LogP contribution in [0.1, 0.15) is 37.0 Å². The molecule has 1 aliphatic heterocycles. The Labute approximate surface area is 144 Å². The first kappa shape index (κ1) is 16.6. The van der Waals surface area contributed by atoms with Crippen molar-refractivity contribution < 1.29 is 14.1 Å². The Kier molecular flexibility index (Phi) is 4.89. The number of rotatable bonds is 3. The highest BCUT2D eigenvalue weighted by Gasteiger charge is 2.32. The van der Waals surface area contributed by atoms with Crippen LogP contribution in [0.2, 0.25) is 5.02 Å². The fraction of sp³-hybridized carbons (Fsp3) is 0.438. The fourth-order valence-corrected chi connectivity index (χ4v) is 3.02. The third-order valence-corrected chi connectivity index (χ3v) is 4.23. The molecule has 3 rings (SSSR count). The molecule has 2 aromatic rings. The number of anilines is 1. The summed E-state index contributed by atoms with van der Waals surface area (Å²) in [7, 11) is 1.55. The van der Waals surface area contributed by atoms with Gasteiger partial charge in [-0.05, 0) is 44.4 Å². The zero-order chi connectivity index (χ0) is 17.1. The molecular weight excluding hydrogens is 332 g/mol. The smallest absolute Gasteiger partial charge is 0.322 e. The molecule has 1 aromatic heterocycles. The quantitative estimate of drug-likeness (QED) is 0.910. The van der Waals surface area contributed by atoms with Gasteiger partial charge in [-0.2, -0.15) is 4.98 Å². The first-order chi connectivity index (χ1) is 11.6. The van der Waals surface area contributed by atoms with Gasteiger partial charge in [0.1, 0.15) is 11.8 Å². The van der Waals surface area contributed by atoms with E-state index in [1.54, 1.807) is 37.1 Å². The number of aryl methyl sites for hydroxylation is 1. The number of methoxy groups -OCH3 is 1. The number of likely N-dealkylation sites (tertiary alicyclic amines) is 1. The van der Waals surface area contributed by atoms with Gasteiger partial charge in [0.05, 0.1) is 12.8 Å². The molecule has 1 atom stereocenters. The van der Waals surface area contributed by atoms with Gasteiger partial charge in [-0.3, -0.25) is 0 Å². The molecule has 0 radical (unpaired) electrons. The van der Waals surface area contributed by atoms with Crippen LogP contribution in [0.3, 0.4) is 0 Å². The number of halogens is 1. The van der Waals surface area contributed by atoms with Crippen LogP contribution in [0.15, 0.2) is 22.7 Å². The lowest BCUT2D eigenvalue weighted by Gasteiger charge is -2.33. The Bertz CT molecular complexity index is 734. The predicted octanol–water partition coefficient (Wildman–Crippen LogP) is 3.80. The largest absolute Gasteiger partial charge is 0.495 e. The van der Waals surface area contributed by atoms with Gasteiger partial charge in [0, 0.05) is 11.6 Å². The van der Waals surface area contributed by atoms with E-state index in [0.717, 1.165) is 19.3 Å². The average Bonchev–Trinajstić information content (AvgIpc) is 3.01. The molecule has 0 unspecified atom stereocenters. The lowest BCUT2D eigenvalue weighted by Crippen LogP contribution is -2.41. The highest BCUT2D eigenvalue weighted by molar-refractivity contribution is 6.31. The van der Waals surface area contributed by atoms with Gasteiger partial charge < -0.3 is 19.5 Å². The summed E-state index contributed by atoms with van der Waals surface area (Å²) in [5.74, 6) is 1.59. The molecule has 0 bridgehead atoms. The van der Waals surface area contributed by atoms with Crippen LogP contribution >= 0.6 is 11.6 Å².